The Morgan fingerprint density at radius 3 is 2.39 bits per heavy atom. The molecule has 0 bridgehead atoms. The Morgan fingerprint density at radius 1 is 0.964 bits per heavy atom. The number of pyridine rings is 1. The van der Waals surface area contributed by atoms with E-state index in [-0.39, 0.29) is 23.9 Å². The Kier molecular flexibility index (Phi) is 6.06. The largest absolute Gasteiger partial charge is 0.325 e. The topological polar surface area (TPSA) is 80.2 Å². The zero-order valence-corrected chi connectivity index (χ0v) is 16.7. The van der Waals surface area contributed by atoms with E-state index in [4.69, 9.17) is 0 Å². The molecule has 0 aliphatic rings. The highest BCUT2D eigenvalue weighted by Crippen LogP contribution is 2.22. The van der Waals surface area contributed by atoms with E-state index in [1.165, 1.54) is 10.6 Å². The third kappa shape index (κ3) is 4.95. The van der Waals surface area contributed by atoms with Gasteiger partial charge in [-0.15, -0.1) is 0 Å². The van der Waals surface area contributed by atoms with Gasteiger partial charge in [0, 0.05) is 28.0 Å². The Hall–Kier alpha value is -3.19. The zero-order chi connectivity index (χ0) is 20.1. The molecule has 2 amide bonds. The number of amides is 2. The number of benzene rings is 2. The maximum absolute atomic E-state index is 12.4. The summed E-state index contributed by atoms with van der Waals surface area (Å²) in [5.41, 5.74) is 2.34. The molecule has 7 heteroatoms. The fourth-order valence-electron chi connectivity index (χ4n) is 2.59. The number of hydrogen-bond donors (Lipinski definition) is 2. The van der Waals surface area contributed by atoms with Crippen LogP contribution >= 0.6 is 15.9 Å². The standard InChI is InChI=1S/C21H18BrN3O3/c1-14-6-11-20(27)25(12-14)13-19(26)23-16-9-7-15(8-10-16)21(28)24-18-5-3-2-4-17(18)22/h2-12H,13H2,1H3,(H,23,26)(H,24,28). The molecule has 2 aromatic carbocycles. The summed E-state index contributed by atoms with van der Waals surface area (Å²) >= 11 is 3.39. The molecule has 1 aromatic heterocycles. The number of aromatic nitrogens is 1. The molecule has 0 unspecified atom stereocenters. The van der Waals surface area contributed by atoms with Gasteiger partial charge >= 0.3 is 0 Å². The minimum Gasteiger partial charge on any atom is -0.325 e. The van der Waals surface area contributed by atoms with E-state index in [1.807, 2.05) is 25.1 Å². The predicted octanol–water partition coefficient (Wildman–Crippen LogP) is 3.81. The number of hydrogen-bond acceptors (Lipinski definition) is 3. The average molecular weight is 440 g/mol. The van der Waals surface area contributed by atoms with Gasteiger partial charge in [0.2, 0.25) is 5.91 Å². The van der Waals surface area contributed by atoms with Crippen LogP contribution in [-0.4, -0.2) is 16.4 Å². The number of halogens is 1. The summed E-state index contributed by atoms with van der Waals surface area (Å²) in [4.78, 5) is 36.3. The van der Waals surface area contributed by atoms with Crippen molar-refractivity contribution >= 4 is 39.1 Å². The van der Waals surface area contributed by atoms with Crippen molar-refractivity contribution in [2.24, 2.45) is 0 Å². The number of nitrogens with zero attached hydrogens (tertiary/aromatic N) is 1. The molecule has 3 rings (SSSR count). The van der Waals surface area contributed by atoms with E-state index >= 15 is 0 Å². The van der Waals surface area contributed by atoms with Crippen molar-refractivity contribution in [1.29, 1.82) is 0 Å². The highest BCUT2D eigenvalue weighted by molar-refractivity contribution is 9.10. The lowest BCUT2D eigenvalue weighted by atomic mass is 10.2. The summed E-state index contributed by atoms with van der Waals surface area (Å²) in [7, 11) is 0. The minimum absolute atomic E-state index is 0.0786. The van der Waals surface area contributed by atoms with Gasteiger partial charge in [0.05, 0.1) is 5.69 Å². The first-order valence-electron chi connectivity index (χ1n) is 8.55. The van der Waals surface area contributed by atoms with Crippen LogP contribution in [0.1, 0.15) is 15.9 Å². The second-order valence-corrected chi connectivity index (χ2v) is 7.09. The van der Waals surface area contributed by atoms with Gasteiger partial charge in [0.1, 0.15) is 6.54 Å². The maximum Gasteiger partial charge on any atom is 0.255 e. The van der Waals surface area contributed by atoms with Gasteiger partial charge in [0.25, 0.3) is 11.5 Å². The SMILES string of the molecule is Cc1ccc(=O)n(CC(=O)Nc2ccc(C(=O)Nc3ccccc3Br)cc2)c1. The van der Waals surface area contributed by atoms with Crippen molar-refractivity contribution in [3.8, 4) is 0 Å². The predicted molar refractivity (Wildman–Crippen MR) is 113 cm³/mol. The quantitative estimate of drug-likeness (QED) is 0.633. The van der Waals surface area contributed by atoms with Gasteiger partial charge < -0.3 is 15.2 Å². The van der Waals surface area contributed by atoms with Crippen molar-refractivity contribution in [1.82, 2.24) is 4.57 Å². The maximum atomic E-state index is 12.4. The molecule has 0 radical (unpaired) electrons. The van der Waals surface area contributed by atoms with Crippen LogP contribution < -0.4 is 16.2 Å². The molecule has 0 spiro atoms. The number of carbonyl (C=O) groups excluding carboxylic acids is 2. The Bertz CT molecular complexity index is 1070. The van der Waals surface area contributed by atoms with Crippen LogP contribution in [0.25, 0.3) is 0 Å². The van der Waals surface area contributed by atoms with E-state index < -0.39 is 0 Å². The van der Waals surface area contributed by atoms with Crippen molar-refractivity contribution in [2.75, 3.05) is 10.6 Å². The van der Waals surface area contributed by atoms with E-state index in [0.717, 1.165) is 10.0 Å². The number of nitrogens with one attached hydrogen (secondary N) is 2. The fraction of sp³-hybridized carbons (Fsp3) is 0.0952. The molecule has 0 fully saturated rings. The molecule has 0 aliphatic carbocycles. The first kappa shape index (κ1) is 19.6. The van der Waals surface area contributed by atoms with Gasteiger partial charge in [-0.2, -0.15) is 0 Å². The smallest absolute Gasteiger partial charge is 0.255 e. The Balaban J connectivity index is 1.63. The van der Waals surface area contributed by atoms with Crippen molar-refractivity contribution in [3.63, 3.8) is 0 Å². The minimum atomic E-state index is -0.321. The first-order chi connectivity index (χ1) is 13.4. The van der Waals surface area contributed by atoms with Crippen LogP contribution in [-0.2, 0) is 11.3 Å². The lowest BCUT2D eigenvalue weighted by Crippen LogP contribution is -2.26. The molecule has 3 aromatic rings. The summed E-state index contributed by atoms with van der Waals surface area (Å²) in [5, 5.41) is 5.54. The van der Waals surface area contributed by atoms with E-state index in [0.29, 0.717) is 16.9 Å². The third-order valence-electron chi connectivity index (χ3n) is 4.00. The van der Waals surface area contributed by atoms with Gasteiger partial charge in [0.15, 0.2) is 0 Å². The summed E-state index contributed by atoms with van der Waals surface area (Å²) in [5.74, 6) is -0.575. The lowest BCUT2D eigenvalue weighted by Gasteiger charge is -2.10. The molecule has 1 heterocycles. The van der Waals surface area contributed by atoms with Crippen LogP contribution in [0.5, 0.6) is 0 Å². The Morgan fingerprint density at radius 2 is 1.68 bits per heavy atom. The van der Waals surface area contributed by atoms with Crippen molar-refractivity contribution in [3.05, 3.63) is 92.8 Å². The first-order valence-corrected chi connectivity index (χ1v) is 9.34. The number of aryl methyl sites for hydroxylation is 1. The lowest BCUT2D eigenvalue weighted by molar-refractivity contribution is -0.116. The second kappa shape index (κ2) is 8.67. The molecular weight excluding hydrogens is 422 g/mol. The molecule has 2 N–H and O–H groups in total. The molecule has 0 saturated carbocycles. The molecular formula is C21H18BrN3O3. The van der Waals surface area contributed by atoms with Gasteiger partial charge in [-0.1, -0.05) is 18.2 Å². The molecule has 142 valence electrons. The normalized spacial score (nSPS) is 10.4. The van der Waals surface area contributed by atoms with Crippen LogP contribution in [0.3, 0.4) is 0 Å². The summed E-state index contributed by atoms with van der Waals surface area (Å²) in [6.07, 6.45) is 1.64. The zero-order valence-electron chi connectivity index (χ0n) is 15.1. The fourth-order valence-corrected chi connectivity index (χ4v) is 2.98. The monoisotopic (exact) mass is 439 g/mol. The van der Waals surface area contributed by atoms with E-state index in [2.05, 4.69) is 26.6 Å². The average Bonchev–Trinajstić information content (AvgIpc) is 2.67. The van der Waals surface area contributed by atoms with Crippen molar-refractivity contribution in [2.45, 2.75) is 13.5 Å². The summed E-state index contributed by atoms with van der Waals surface area (Å²) in [6.45, 7) is 1.77. The van der Waals surface area contributed by atoms with Gasteiger partial charge in [-0.05, 0) is 64.8 Å². The molecule has 0 aliphatic heterocycles. The van der Waals surface area contributed by atoms with Crippen LogP contribution in [0.15, 0.2) is 76.1 Å². The van der Waals surface area contributed by atoms with Crippen LogP contribution in [0.4, 0.5) is 11.4 Å². The number of para-hydroxylation sites is 1. The van der Waals surface area contributed by atoms with Crippen LogP contribution in [0, 0.1) is 6.92 Å². The van der Waals surface area contributed by atoms with Gasteiger partial charge in [-0.25, -0.2) is 0 Å². The highest BCUT2D eigenvalue weighted by Gasteiger charge is 2.09. The summed E-state index contributed by atoms with van der Waals surface area (Å²) < 4.78 is 2.14. The van der Waals surface area contributed by atoms with E-state index in [9.17, 15) is 14.4 Å². The molecule has 0 saturated heterocycles. The molecule has 6 nitrogen and oxygen atoms in total. The number of anilines is 2. The highest BCUT2D eigenvalue weighted by atomic mass is 79.9. The Labute approximate surface area is 170 Å². The number of rotatable bonds is 5. The third-order valence-corrected chi connectivity index (χ3v) is 4.69. The molecule has 0 atom stereocenters. The van der Waals surface area contributed by atoms with E-state index in [1.54, 1.807) is 42.6 Å². The van der Waals surface area contributed by atoms with Crippen molar-refractivity contribution < 1.29 is 9.59 Å². The summed E-state index contributed by atoms with van der Waals surface area (Å²) in [6, 6.07) is 17.0. The van der Waals surface area contributed by atoms with Gasteiger partial charge in [-0.3, -0.25) is 14.4 Å². The second-order valence-electron chi connectivity index (χ2n) is 6.23. The number of carbonyl (C=O) groups is 2. The van der Waals surface area contributed by atoms with Crippen LogP contribution in [0.2, 0.25) is 0 Å². The molecule has 28 heavy (non-hydrogen) atoms.